The molecule has 1 aromatic carbocycles. The summed E-state index contributed by atoms with van der Waals surface area (Å²) in [4.78, 5) is 39.2. The zero-order chi connectivity index (χ0) is 25.2. The van der Waals surface area contributed by atoms with E-state index in [1.165, 1.54) is 24.5 Å². The van der Waals surface area contributed by atoms with E-state index in [0.29, 0.717) is 24.0 Å². The molecule has 184 valence electrons. The molecule has 0 aliphatic heterocycles. The lowest BCUT2D eigenvalue weighted by atomic mass is 10.0. The second-order valence-corrected chi connectivity index (χ2v) is 8.72. The van der Waals surface area contributed by atoms with Gasteiger partial charge in [0, 0.05) is 24.1 Å². The molecule has 0 bridgehead atoms. The van der Waals surface area contributed by atoms with E-state index in [2.05, 4.69) is 25.3 Å². The van der Waals surface area contributed by atoms with E-state index in [-0.39, 0.29) is 41.1 Å². The summed E-state index contributed by atoms with van der Waals surface area (Å²) in [5.74, 6) is 0.0768. The maximum absolute atomic E-state index is 13.8. The van der Waals surface area contributed by atoms with Crippen LogP contribution in [0, 0.1) is 11.8 Å². The fourth-order valence-electron chi connectivity index (χ4n) is 3.26. The van der Waals surface area contributed by atoms with Crippen molar-refractivity contribution in [3.63, 3.8) is 0 Å². The highest BCUT2D eigenvalue weighted by Gasteiger charge is 2.34. The molecule has 2 heterocycles. The normalized spacial score (nSPS) is 13.7. The predicted octanol–water partition coefficient (Wildman–Crippen LogP) is 3.97. The van der Waals surface area contributed by atoms with Gasteiger partial charge in [-0.2, -0.15) is 13.2 Å². The number of ether oxygens (including phenoxy) is 1. The fraction of sp³-hybridized carbons (Fsp3) is 0.375. The van der Waals surface area contributed by atoms with Crippen molar-refractivity contribution < 1.29 is 22.7 Å². The minimum atomic E-state index is -4.69. The lowest BCUT2D eigenvalue weighted by Gasteiger charge is -2.15. The third-order valence-corrected chi connectivity index (χ3v) is 5.43. The number of nitrogens with zero attached hydrogens (tertiary/aromatic N) is 3. The van der Waals surface area contributed by atoms with Crippen LogP contribution in [0.5, 0.6) is 5.88 Å². The van der Waals surface area contributed by atoms with E-state index >= 15 is 0 Å². The van der Waals surface area contributed by atoms with Gasteiger partial charge in [-0.15, -0.1) is 0 Å². The maximum Gasteiger partial charge on any atom is 0.417 e. The van der Waals surface area contributed by atoms with E-state index in [0.717, 1.165) is 25.0 Å². The number of nitrogens with one attached hydrogen (secondary N) is 2. The first kappa shape index (κ1) is 24.4. The average Bonchev–Trinajstić information content (AvgIpc) is 3.65. The highest BCUT2D eigenvalue weighted by Crippen LogP contribution is 2.36. The van der Waals surface area contributed by atoms with Gasteiger partial charge in [0.1, 0.15) is 11.5 Å². The molecule has 0 radical (unpaired) electrons. The number of amides is 1. The van der Waals surface area contributed by atoms with Crippen LogP contribution in [0.25, 0.3) is 22.8 Å². The molecule has 35 heavy (non-hydrogen) atoms. The Hall–Kier alpha value is -3.76. The molecule has 1 fully saturated rings. The third kappa shape index (κ3) is 6.23. The number of rotatable bonds is 8. The van der Waals surface area contributed by atoms with Crippen molar-refractivity contribution in [2.75, 3.05) is 6.61 Å². The van der Waals surface area contributed by atoms with E-state index in [1.807, 2.05) is 0 Å². The number of hydrogen-bond acceptors (Lipinski definition) is 6. The molecule has 1 aliphatic rings. The Labute approximate surface area is 199 Å². The molecule has 1 amide bonds. The molecule has 0 atom stereocenters. The van der Waals surface area contributed by atoms with Crippen LogP contribution in [0.4, 0.5) is 13.2 Å². The van der Waals surface area contributed by atoms with Gasteiger partial charge in [0.15, 0.2) is 0 Å². The van der Waals surface area contributed by atoms with Crippen molar-refractivity contribution in [3.05, 3.63) is 58.1 Å². The minimum Gasteiger partial charge on any atom is -0.476 e. The van der Waals surface area contributed by atoms with Crippen molar-refractivity contribution in [3.8, 4) is 28.7 Å². The monoisotopic (exact) mass is 487 g/mol. The molecule has 1 saturated carbocycles. The van der Waals surface area contributed by atoms with Crippen LogP contribution in [0.2, 0.25) is 0 Å². The van der Waals surface area contributed by atoms with E-state index < -0.39 is 17.3 Å². The smallest absolute Gasteiger partial charge is 0.417 e. The number of alkyl halides is 3. The summed E-state index contributed by atoms with van der Waals surface area (Å²) in [6.45, 7) is 4.00. The van der Waals surface area contributed by atoms with Crippen molar-refractivity contribution in [2.24, 2.45) is 11.8 Å². The Morgan fingerprint density at radius 2 is 1.94 bits per heavy atom. The van der Waals surface area contributed by atoms with Gasteiger partial charge in [0.05, 0.1) is 30.3 Å². The number of benzene rings is 1. The Bertz CT molecular complexity index is 1270. The third-order valence-electron chi connectivity index (χ3n) is 5.43. The second kappa shape index (κ2) is 9.85. The number of hydrogen-bond donors (Lipinski definition) is 2. The first-order chi connectivity index (χ1) is 16.6. The van der Waals surface area contributed by atoms with Crippen LogP contribution in [0.15, 0.2) is 41.5 Å². The van der Waals surface area contributed by atoms with Crippen LogP contribution >= 0.6 is 0 Å². The Kier molecular flexibility index (Phi) is 6.86. The van der Waals surface area contributed by atoms with Crippen molar-refractivity contribution in [1.82, 2.24) is 25.3 Å². The van der Waals surface area contributed by atoms with Gasteiger partial charge in [-0.3, -0.25) is 9.59 Å². The van der Waals surface area contributed by atoms with Gasteiger partial charge in [-0.1, -0.05) is 19.9 Å². The van der Waals surface area contributed by atoms with Gasteiger partial charge in [-0.05, 0) is 36.5 Å². The van der Waals surface area contributed by atoms with Crippen molar-refractivity contribution >= 4 is 5.91 Å². The number of halogens is 3. The highest BCUT2D eigenvalue weighted by molar-refractivity contribution is 5.77. The molecule has 0 spiro atoms. The molecule has 1 aliphatic carbocycles. The van der Waals surface area contributed by atoms with Crippen molar-refractivity contribution in [1.29, 1.82) is 0 Å². The summed E-state index contributed by atoms with van der Waals surface area (Å²) in [6, 6.07) is 4.58. The first-order valence-corrected chi connectivity index (χ1v) is 11.1. The molecule has 0 unspecified atom stereocenters. The summed E-state index contributed by atoms with van der Waals surface area (Å²) in [5, 5.41) is 2.67. The molecule has 8 nitrogen and oxygen atoms in total. The summed E-state index contributed by atoms with van der Waals surface area (Å²) < 4.78 is 46.8. The summed E-state index contributed by atoms with van der Waals surface area (Å²) in [6.07, 6.45) is 0.298. The molecule has 0 saturated heterocycles. The number of aromatic nitrogens is 4. The predicted molar refractivity (Wildman–Crippen MR) is 121 cm³/mol. The largest absolute Gasteiger partial charge is 0.476 e. The fourth-order valence-corrected chi connectivity index (χ4v) is 3.26. The first-order valence-electron chi connectivity index (χ1n) is 11.1. The van der Waals surface area contributed by atoms with Gasteiger partial charge in [0.2, 0.25) is 11.8 Å². The van der Waals surface area contributed by atoms with Crippen LogP contribution in [-0.2, 0) is 17.5 Å². The van der Waals surface area contributed by atoms with E-state index in [9.17, 15) is 22.8 Å². The average molecular weight is 487 g/mol. The molecule has 2 aromatic heterocycles. The summed E-state index contributed by atoms with van der Waals surface area (Å²) in [5.41, 5.74) is -1.22. The maximum atomic E-state index is 13.8. The zero-order valence-corrected chi connectivity index (χ0v) is 19.1. The molecule has 2 N–H and O–H groups in total. The Balaban J connectivity index is 1.67. The molecular formula is C24H24F3N5O3. The van der Waals surface area contributed by atoms with E-state index in [4.69, 9.17) is 4.74 Å². The standard InChI is InChI=1S/C24H24F3N5O3/c1-13(2)23(34)30-9-15-5-6-17(24(25,26)27)16(7-15)22-31-18(8-20(33)32-22)19-10-29-21(11-28-19)35-12-14-3-4-14/h5-8,10-11,13-14H,3-4,9,12H2,1-2H3,(H,30,34)(H,31,32,33). The highest BCUT2D eigenvalue weighted by atomic mass is 19.4. The summed E-state index contributed by atoms with van der Waals surface area (Å²) >= 11 is 0. The van der Waals surface area contributed by atoms with Crippen LogP contribution in [0.1, 0.15) is 37.8 Å². The molecule has 11 heteroatoms. The Morgan fingerprint density at radius 1 is 1.17 bits per heavy atom. The number of H-pyrrole nitrogens is 1. The van der Waals surface area contributed by atoms with Crippen LogP contribution in [0.3, 0.4) is 0 Å². The Morgan fingerprint density at radius 3 is 2.57 bits per heavy atom. The number of aromatic amines is 1. The van der Waals surface area contributed by atoms with Gasteiger partial charge < -0.3 is 15.0 Å². The van der Waals surface area contributed by atoms with Crippen molar-refractivity contribution in [2.45, 2.75) is 39.4 Å². The van der Waals surface area contributed by atoms with Gasteiger partial charge in [-0.25, -0.2) is 15.0 Å². The lowest BCUT2D eigenvalue weighted by Crippen LogP contribution is -2.27. The van der Waals surface area contributed by atoms with Crippen LogP contribution in [-0.4, -0.2) is 32.4 Å². The molecule has 4 rings (SSSR count). The lowest BCUT2D eigenvalue weighted by molar-refractivity contribution is -0.137. The number of carbonyl (C=O) groups is 1. The molecule has 3 aromatic rings. The minimum absolute atomic E-state index is 0.0276. The topological polar surface area (TPSA) is 110 Å². The second-order valence-electron chi connectivity index (χ2n) is 8.72. The quantitative estimate of drug-likeness (QED) is 0.498. The van der Waals surface area contributed by atoms with Gasteiger partial charge in [0.25, 0.3) is 5.56 Å². The zero-order valence-electron chi connectivity index (χ0n) is 19.1. The summed E-state index contributed by atoms with van der Waals surface area (Å²) in [7, 11) is 0. The van der Waals surface area contributed by atoms with E-state index in [1.54, 1.807) is 13.8 Å². The van der Waals surface area contributed by atoms with Gasteiger partial charge >= 0.3 is 6.18 Å². The molecular weight excluding hydrogens is 463 g/mol. The van der Waals surface area contributed by atoms with Crippen LogP contribution < -0.4 is 15.6 Å². The number of carbonyl (C=O) groups excluding carboxylic acids is 1. The SMILES string of the molecule is CC(C)C(=O)NCc1ccc(C(F)(F)F)c(-c2nc(-c3cnc(OCC4CC4)cn3)cc(=O)[nH]2)c1.